The number of hydrogen-bond acceptors (Lipinski definition) is 4. The van der Waals surface area contributed by atoms with Crippen LogP contribution < -0.4 is 0 Å². The van der Waals surface area contributed by atoms with Crippen LogP contribution in [0.2, 0.25) is 0 Å². The van der Waals surface area contributed by atoms with Gasteiger partial charge < -0.3 is 14.1 Å². The molecule has 1 saturated heterocycles. The van der Waals surface area contributed by atoms with E-state index in [1.54, 1.807) is 6.20 Å². The Morgan fingerprint density at radius 2 is 2.21 bits per heavy atom. The normalized spacial score (nSPS) is 18.2. The van der Waals surface area contributed by atoms with Gasteiger partial charge in [-0.05, 0) is 43.7 Å². The maximum atomic E-state index is 13.1. The van der Waals surface area contributed by atoms with E-state index in [2.05, 4.69) is 10.2 Å². The summed E-state index contributed by atoms with van der Waals surface area (Å²) in [5, 5.41) is 8.03. The van der Waals surface area contributed by atoms with Crippen molar-refractivity contribution in [3.8, 4) is 0 Å². The van der Waals surface area contributed by atoms with Gasteiger partial charge in [-0.25, -0.2) is 0 Å². The predicted molar refractivity (Wildman–Crippen MR) is 88.9 cm³/mol. The Morgan fingerprint density at radius 1 is 1.33 bits per heavy atom. The summed E-state index contributed by atoms with van der Waals surface area (Å²) in [4.78, 5) is 14.9. The zero-order chi connectivity index (χ0) is 16.7. The van der Waals surface area contributed by atoms with Crippen LogP contribution in [0.15, 0.2) is 34.9 Å². The molecule has 0 bridgehead atoms. The van der Waals surface area contributed by atoms with Gasteiger partial charge in [-0.2, -0.15) is 5.10 Å². The van der Waals surface area contributed by atoms with Gasteiger partial charge in [-0.15, -0.1) is 0 Å². The van der Waals surface area contributed by atoms with Crippen molar-refractivity contribution in [2.45, 2.75) is 19.9 Å². The van der Waals surface area contributed by atoms with Crippen molar-refractivity contribution in [3.63, 3.8) is 0 Å². The van der Waals surface area contributed by atoms with Gasteiger partial charge in [-0.3, -0.25) is 9.89 Å². The molecule has 0 aliphatic carbocycles. The average Bonchev–Trinajstić information content (AvgIpc) is 3.17. The molecular formula is C18H19N3O3. The Kier molecular flexibility index (Phi) is 3.61. The highest BCUT2D eigenvalue weighted by molar-refractivity contribution is 5.98. The van der Waals surface area contributed by atoms with Gasteiger partial charge in [0, 0.05) is 17.5 Å². The van der Waals surface area contributed by atoms with Crippen LogP contribution in [0.1, 0.15) is 33.4 Å². The third kappa shape index (κ3) is 2.49. The summed E-state index contributed by atoms with van der Waals surface area (Å²) < 4.78 is 11.2. The molecule has 0 spiro atoms. The second-order valence-corrected chi connectivity index (χ2v) is 6.17. The highest BCUT2D eigenvalue weighted by atomic mass is 16.5. The molecule has 1 amide bonds. The molecule has 0 saturated carbocycles. The van der Waals surface area contributed by atoms with Gasteiger partial charge in [-0.1, -0.05) is 0 Å². The number of aryl methyl sites for hydroxylation is 2. The Hall–Kier alpha value is -2.60. The number of carbonyl (C=O) groups is 1. The minimum Gasteiger partial charge on any atom is -0.461 e. The van der Waals surface area contributed by atoms with E-state index < -0.39 is 0 Å². The zero-order valence-electron chi connectivity index (χ0n) is 13.7. The molecule has 6 heteroatoms. The Bertz CT molecular complexity index is 896. The first-order valence-corrected chi connectivity index (χ1v) is 8.02. The van der Waals surface area contributed by atoms with Crippen LogP contribution in [0.25, 0.3) is 11.0 Å². The number of morpholine rings is 1. The first kappa shape index (κ1) is 15.0. The van der Waals surface area contributed by atoms with E-state index in [1.165, 1.54) is 0 Å². The summed E-state index contributed by atoms with van der Waals surface area (Å²) in [6.45, 7) is 5.46. The predicted octanol–water partition coefficient (Wildman–Crippen LogP) is 2.99. The van der Waals surface area contributed by atoms with Crippen molar-refractivity contribution in [1.29, 1.82) is 0 Å². The number of H-pyrrole nitrogens is 1. The quantitative estimate of drug-likeness (QED) is 0.786. The molecule has 1 fully saturated rings. The van der Waals surface area contributed by atoms with E-state index >= 15 is 0 Å². The number of amides is 1. The summed E-state index contributed by atoms with van der Waals surface area (Å²) in [6, 6.07) is 7.37. The van der Waals surface area contributed by atoms with Gasteiger partial charge in [0.05, 0.1) is 31.1 Å². The summed E-state index contributed by atoms with van der Waals surface area (Å²) >= 11 is 0. The lowest BCUT2D eigenvalue weighted by Gasteiger charge is -2.35. The molecule has 1 aromatic carbocycles. The van der Waals surface area contributed by atoms with E-state index in [0.29, 0.717) is 25.3 Å². The number of ether oxygens (including phenoxy) is 1. The minimum atomic E-state index is -0.143. The molecule has 4 rings (SSSR count). The van der Waals surface area contributed by atoms with Gasteiger partial charge in [0.15, 0.2) is 0 Å². The topological polar surface area (TPSA) is 71.4 Å². The number of fused-ring (bicyclic) bond motifs is 1. The van der Waals surface area contributed by atoms with E-state index in [-0.39, 0.29) is 11.9 Å². The number of aromatic amines is 1. The molecule has 2 aromatic heterocycles. The molecule has 1 aliphatic heterocycles. The van der Waals surface area contributed by atoms with E-state index in [9.17, 15) is 4.79 Å². The molecule has 3 aromatic rings. The Labute approximate surface area is 139 Å². The van der Waals surface area contributed by atoms with Crippen LogP contribution in [0, 0.1) is 13.8 Å². The van der Waals surface area contributed by atoms with Crippen LogP contribution in [-0.4, -0.2) is 40.8 Å². The minimum absolute atomic E-state index is 0.00180. The number of nitrogens with zero attached hydrogens (tertiary/aromatic N) is 2. The lowest BCUT2D eigenvalue weighted by Crippen LogP contribution is -2.43. The van der Waals surface area contributed by atoms with Gasteiger partial charge in [0.25, 0.3) is 5.91 Å². The Morgan fingerprint density at radius 3 is 3.00 bits per heavy atom. The third-order valence-corrected chi connectivity index (χ3v) is 4.48. The van der Waals surface area contributed by atoms with Crippen molar-refractivity contribution >= 4 is 16.9 Å². The van der Waals surface area contributed by atoms with E-state index in [1.807, 2.05) is 43.0 Å². The second-order valence-electron chi connectivity index (χ2n) is 6.17. The van der Waals surface area contributed by atoms with Gasteiger partial charge >= 0.3 is 0 Å². The summed E-state index contributed by atoms with van der Waals surface area (Å²) in [6.07, 6.45) is 1.77. The first-order chi connectivity index (χ1) is 11.6. The fourth-order valence-corrected chi connectivity index (χ4v) is 3.25. The molecular weight excluding hydrogens is 306 g/mol. The number of carbonyl (C=O) groups excluding carboxylic acids is 1. The molecule has 6 nitrogen and oxygen atoms in total. The van der Waals surface area contributed by atoms with Gasteiger partial charge in [0.2, 0.25) is 0 Å². The van der Waals surface area contributed by atoms with Crippen LogP contribution >= 0.6 is 0 Å². The van der Waals surface area contributed by atoms with Crippen LogP contribution in [0.4, 0.5) is 0 Å². The van der Waals surface area contributed by atoms with Crippen molar-refractivity contribution in [2.24, 2.45) is 0 Å². The monoisotopic (exact) mass is 325 g/mol. The van der Waals surface area contributed by atoms with E-state index in [0.717, 1.165) is 28.0 Å². The Balaban J connectivity index is 1.68. The maximum absolute atomic E-state index is 13.1. The largest absolute Gasteiger partial charge is 0.461 e. The summed E-state index contributed by atoms with van der Waals surface area (Å²) in [5.74, 6) is 0.838. The standard InChI is InChI=1S/C18H19N3O3/c1-11-9-19-20-17(11)15-10-23-6-5-21(15)18(22)13-3-4-16-14(8-13)7-12(2)24-16/h3-4,7-9,15H,5-6,10H2,1-2H3,(H,19,20)/t15-/m0/s1. The lowest BCUT2D eigenvalue weighted by atomic mass is 10.1. The number of aromatic nitrogens is 2. The number of hydrogen-bond donors (Lipinski definition) is 1. The molecule has 1 atom stereocenters. The molecule has 0 unspecified atom stereocenters. The fraction of sp³-hybridized carbons (Fsp3) is 0.333. The summed E-state index contributed by atoms with van der Waals surface area (Å²) in [7, 11) is 0. The van der Waals surface area contributed by atoms with Crippen LogP contribution in [-0.2, 0) is 4.74 Å². The maximum Gasteiger partial charge on any atom is 0.254 e. The smallest absolute Gasteiger partial charge is 0.254 e. The van der Waals surface area contributed by atoms with Crippen molar-refractivity contribution < 1.29 is 13.9 Å². The fourth-order valence-electron chi connectivity index (χ4n) is 3.25. The van der Waals surface area contributed by atoms with Gasteiger partial charge in [0.1, 0.15) is 11.3 Å². The second kappa shape index (κ2) is 5.79. The first-order valence-electron chi connectivity index (χ1n) is 8.02. The van der Waals surface area contributed by atoms with Crippen LogP contribution in [0.5, 0.6) is 0 Å². The molecule has 1 N–H and O–H groups in total. The highest BCUT2D eigenvalue weighted by Gasteiger charge is 2.31. The number of furan rings is 1. The zero-order valence-corrected chi connectivity index (χ0v) is 13.7. The molecule has 3 heterocycles. The summed E-state index contributed by atoms with van der Waals surface area (Å²) in [5.41, 5.74) is 3.42. The molecule has 1 aliphatic rings. The molecule has 0 radical (unpaired) electrons. The molecule has 24 heavy (non-hydrogen) atoms. The highest BCUT2D eigenvalue weighted by Crippen LogP contribution is 2.28. The number of benzene rings is 1. The van der Waals surface area contributed by atoms with Crippen LogP contribution in [0.3, 0.4) is 0 Å². The van der Waals surface area contributed by atoms with Crippen molar-refractivity contribution in [3.05, 3.63) is 53.0 Å². The lowest BCUT2D eigenvalue weighted by molar-refractivity contribution is -0.00406. The SMILES string of the molecule is Cc1cc2cc(C(=O)N3CCOC[C@H]3c3[nH]ncc3C)ccc2o1. The van der Waals surface area contributed by atoms with Crippen molar-refractivity contribution in [1.82, 2.24) is 15.1 Å². The molecule has 124 valence electrons. The number of nitrogens with one attached hydrogen (secondary N) is 1. The van der Waals surface area contributed by atoms with E-state index in [4.69, 9.17) is 9.15 Å². The average molecular weight is 325 g/mol. The van der Waals surface area contributed by atoms with Crippen molar-refractivity contribution in [2.75, 3.05) is 19.8 Å². The third-order valence-electron chi connectivity index (χ3n) is 4.48. The number of rotatable bonds is 2.